The van der Waals surface area contributed by atoms with Crippen LogP contribution >= 0.6 is 15.9 Å². The number of fused-ring (bicyclic) bond motifs is 6. The molecule has 4 aliphatic rings. The highest BCUT2D eigenvalue weighted by Gasteiger charge is 2.49. The van der Waals surface area contributed by atoms with Gasteiger partial charge in [-0.3, -0.25) is 0 Å². The Morgan fingerprint density at radius 1 is 0.588 bits per heavy atom. The maximum atomic E-state index is 7.19. The van der Waals surface area contributed by atoms with Crippen LogP contribution in [0.25, 0.3) is 33.4 Å². The molecule has 3 fully saturated rings. The zero-order valence-electron chi connectivity index (χ0n) is 31.4. The first kappa shape index (κ1) is 36.6. The van der Waals surface area contributed by atoms with Gasteiger partial charge in [0.15, 0.2) is 0 Å². The fraction of sp³-hybridized carbons (Fsp3) is 0.489. The van der Waals surface area contributed by atoms with Crippen LogP contribution in [0.5, 0.6) is 0 Å². The minimum atomic E-state index is -0.417. The normalized spacial score (nSPS) is 24.0. The van der Waals surface area contributed by atoms with Crippen molar-refractivity contribution >= 4 is 15.9 Å². The Morgan fingerprint density at radius 2 is 1.14 bits per heavy atom. The molecule has 0 spiro atoms. The fourth-order valence-electron chi connectivity index (χ4n) is 9.88. The zero-order valence-corrected chi connectivity index (χ0v) is 33.0. The highest BCUT2D eigenvalue weighted by Crippen LogP contribution is 2.54. The Balaban J connectivity index is 1.09. The Hall–Kier alpha value is -2.76. The van der Waals surface area contributed by atoms with E-state index in [0.717, 1.165) is 36.7 Å². The van der Waals surface area contributed by atoms with Gasteiger partial charge < -0.3 is 16.4 Å². The Bertz CT molecular complexity index is 1750. The van der Waals surface area contributed by atoms with Crippen LogP contribution in [-0.4, -0.2) is 24.7 Å². The quantitative estimate of drug-likeness (QED) is 0.100. The minimum Gasteiger partial charge on any atom is -0.326 e. The van der Waals surface area contributed by atoms with E-state index < -0.39 is 5.54 Å². The monoisotopic (exact) mass is 745 g/mol. The van der Waals surface area contributed by atoms with E-state index in [0.29, 0.717) is 11.0 Å². The molecule has 4 aliphatic carbocycles. The summed E-state index contributed by atoms with van der Waals surface area (Å²) < 4.78 is 1.10. The van der Waals surface area contributed by atoms with Crippen LogP contribution in [0.15, 0.2) is 89.4 Å². The minimum absolute atomic E-state index is 0.0319. The van der Waals surface area contributed by atoms with Gasteiger partial charge in [0.05, 0.1) is 5.54 Å². The van der Waals surface area contributed by atoms with E-state index in [1.807, 2.05) is 0 Å². The first-order valence-corrected chi connectivity index (χ1v) is 21.1. The largest absolute Gasteiger partial charge is 0.326 e. The molecule has 0 heterocycles. The Labute approximate surface area is 316 Å². The van der Waals surface area contributed by atoms with Crippen molar-refractivity contribution in [1.82, 2.24) is 10.6 Å². The zero-order chi connectivity index (χ0) is 35.5. The van der Waals surface area contributed by atoms with Crippen molar-refractivity contribution < 1.29 is 0 Å². The van der Waals surface area contributed by atoms with Crippen molar-refractivity contribution in [3.63, 3.8) is 0 Å². The Morgan fingerprint density at radius 3 is 1.76 bits per heavy atom. The molecule has 2 unspecified atom stereocenters. The molecule has 4 heteroatoms. The van der Waals surface area contributed by atoms with Crippen LogP contribution in [0.2, 0.25) is 0 Å². The molecule has 0 aromatic heterocycles. The van der Waals surface area contributed by atoms with Gasteiger partial charge in [0.25, 0.3) is 0 Å². The standard InChI is InChI=1S/C47H60BrN3/c1-4-7-9-10-31-50-46-27-24-45(25-28-46,26-29-46)38-19-16-35(17-20-38)34-12-14-36(15-13-34)37-18-22-40-41-23-21-39(48)33-43(41)47(42(40)32-37,44(49)11-6-3)51-30-8-5-2/h12-23,32-33,44,50-51H,4-11,24-31,49H2,1-3H3. The van der Waals surface area contributed by atoms with E-state index in [9.17, 15) is 0 Å². The maximum absolute atomic E-state index is 7.19. The summed E-state index contributed by atoms with van der Waals surface area (Å²) in [6, 6.07) is 32.6. The lowest BCUT2D eigenvalue weighted by atomic mass is 9.55. The van der Waals surface area contributed by atoms with Gasteiger partial charge in [-0.25, -0.2) is 0 Å². The first-order chi connectivity index (χ1) is 24.9. The second kappa shape index (κ2) is 15.7. The number of nitrogens with two attached hydrogens (primary N) is 1. The second-order valence-corrected chi connectivity index (χ2v) is 17.1. The smallest absolute Gasteiger partial charge is 0.0856 e. The molecule has 0 saturated heterocycles. The lowest BCUT2D eigenvalue weighted by Crippen LogP contribution is -2.56. The van der Waals surface area contributed by atoms with Crippen LogP contribution in [0.1, 0.15) is 127 Å². The number of halogens is 1. The van der Waals surface area contributed by atoms with Gasteiger partial charge in [0, 0.05) is 16.1 Å². The average molecular weight is 747 g/mol. The third kappa shape index (κ3) is 7.03. The molecule has 4 N–H and O–H groups in total. The van der Waals surface area contributed by atoms with Gasteiger partial charge in [-0.15, -0.1) is 0 Å². The van der Waals surface area contributed by atoms with E-state index in [2.05, 4.69) is 132 Å². The Kier molecular flexibility index (Phi) is 11.3. The first-order valence-electron chi connectivity index (χ1n) is 20.3. The van der Waals surface area contributed by atoms with Crippen LogP contribution in [-0.2, 0) is 11.0 Å². The van der Waals surface area contributed by atoms with E-state index in [-0.39, 0.29) is 6.04 Å². The molecule has 2 atom stereocenters. The van der Waals surface area contributed by atoms with Crippen LogP contribution < -0.4 is 16.4 Å². The van der Waals surface area contributed by atoms with Crippen molar-refractivity contribution in [3.05, 3.63) is 106 Å². The van der Waals surface area contributed by atoms with Crippen LogP contribution in [0, 0.1) is 0 Å². The molecule has 0 amide bonds. The lowest BCUT2D eigenvalue weighted by molar-refractivity contribution is 0.0771. The molecule has 2 bridgehead atoms. The molecule has 4 aromatic rings. The molecule has 3 nitrogen and oxygen atoms in total. The summed E-state index contributed by atoms with van der Waals surface area (Å²) >= 11 is 3.78. The van der Waals surface area contributed by atoms with Crippen molar-refractivity contribution in [3.8, 4) is 33.4 Å². The summed E-state index contributed by atoms with van der Waals surface area (Å²) in [5.74, 6) is 0. The molecular weight excluding hydrogens is 686 g/mol. The molecular formula is C47H60BrN3. The SMILES string of the molecule is CCCCCCNC12CCC(c3ccc(-c4ccc(-c5ccc6c(c5)C(NCCCC)(C(N)CCC)c5cc(Br)ccc5-6)cc4)cc3)(CC1)CC2. The molecule has 0 aliphatic heterocycles. The lowest BCUT2D eigenvalue weighted by Gasteiger charge is -2.54. The summed E-state index contributed by atoms with van der Waals surface area (Å²) in [4.78, 5) is 0. The summed E-state index contributed by atoms with van der Waals surface area (Å²) in [6.07, 6.45) is 17.6. The van der Waals surface area contributed by atoms with Crippen molar-refractivity contribution in [2.75, 3.05) is 13.1 Å². The van der Waals surface area contributed by atoms with Crippen LogP contribution in [0.3, 0.4) is 0 Å². The maximum Gasteiger partial charge on any atom is 0.0856 e. The number of benzene rings is 4. The van der Waals surface area contributed by atoms with E-state index in [4.69, 9.17) is 5.73 Å². The average Bonchev–Trinajstić information content (AvgIpc) is 3.44. The number of nitrogens with one attached hydrogen (secondary N) is 2. The number of hydrogen-bond acceptors (Lipinski definition) is 3. The van der Waals surface area contributed by atoms with Gasteiger partial charge >= 0.3 is 0 Å². The van der Waals surface area contributed by atoms with E-state index >= 15 is 0 Å². The van der Waals surface area contributed by atoms with Gasteiger partial charge in [0.2, 0.25) is 0 Å². The highest BCUT2D eigenvalue weighted by atomic mass is 79.9. The predicted molar refractivity (Wildman–Crippen MR) is 221 cm³/mol. The van der Waals surface area contributed by atoms with Gasteiger partial charge in [-0.2, -0.15) is 0 Å². The fourth-order valence-corrected chi connectivity index (χ4v) is 10.2. The second-order valence-electron chi connectivity index (χ2n) is 16.1. The third-order valence-electron chi connectivity index (χ3n) is 13.1. The summed E-state index contributed by atoms with van der Waals surface area (Å²) in [5, 5.41) is 8.06. The van der Waals surface area contributed by atoms with Crippen molar-refractivity contribution in [1.29, 1.82) is 0 Å². The molecule has 270 valence electrons. The number of unbranched alkanes of at least 4 members (excludes halogenated alkanes) is 4. The van der Waals surface area contributed by atoms with E-state index in [1.54, 1.807) is 5.56 Å². The van der Waals surface area contributed by atoms with E-state index in [1.165, 1.54) is 115 Å². The molecule has 3 saturated carbocycles. The third-order valence-corrected chi connectivity index (χ3v) is 13.5. The molecule has 4 aromatic carbocycles. The van der Waals surface area contributed by atoms with Gasteiger partial charge in [0.1, 0.15) is 0 Å². The predicted octanol–water partition coefficient (Wildman–Crippen LogP) is 12.0. The highest BCUT2D eigenvalue weighted by molar-refractivity contribution is 9.10. The topological polar surface area (TPSA) is 50.1 Å². The number of rotatable bonds is 16. The molecule has 8 rings (SSSR count). The van der Waals surface area contributed by atoms with Crippen LogP contribution in [0.4, 0.5) is 0 Å². The molecule has 0 radical (unpaired) electrons. The molecule has 51 heavy (non-hydrogen) atoms. The number of hydrogen-bond donors (Lipinski definition) is 3. The van der Waals surface area contributed by atoms with Crippen molar-refractivity contribution in [2.45, 2.75) is 133 Å². The van der Waals surface area contributed by atoms with Crippen molar-refractivity contribution in [2.24, 2.45) is 5.73 Å². The summed E-state index contributed by atoms with van der Waals surface area (Å²) in [7, 11) is 0. The summed E-state index contributed by atoms with van der Waals surface area (Å²) in [6.45, 7) is 8.93. The van der Waals surface area contributed by atoms with Gasteiger partial charge in [-0.05, 0) is 145 Å². The van der Waals surface area contributed by atoms with Gasteiger partial charge in [-0.1, -0.05) is 136 Å². The summed E-state index contributed by atoms with van der Waals surface area (Å²) in [5.41, 5.74) is 19.4.